The van der Waals surface area contributed by atoms with E-state index >= 15 is 0 Å². The van der Waals surface area contributed by atoms with Crippen LogP contribution in [0.25, 0.3) is 0 Å². The van der Waals surface area contributed by atoms with Crippen LogP contribution in [0, 0.1) is 6.92 Å². The molecule has 1 aromatic rings. The van der Waals surface area contributed by atoms with Crippen molar-refractivity contribution in [2.45, 2.75) is 31.6 Å². The Hall–Kier alpha value is -1.36. The highest BCUT2D eigenvalue weighted by molar-refractivity contribution is 7.85. The van der Waals surface area contributed by atoms with Gasteiger partial charge in [0.15, 0.2) is 0 Å². The summed E-state index contributed by atoms with van der Waals surface area (Å²) in [5.74, 6) is -0.160. The quantitative estimate of drug-likeness (QED) is 0.608. The number of carbonyl (C=O) groups excluding carboxylic acids is 1. The van der Waals surface area contributed by atoms with Gasteiger partial charge in [-0.25, -0.2) is 0 Å². The Morgan fingerprint density at radius 2 is 2.17 bits per heavy atom. The molecule has 1 unspecified atom stereocenters. The molecular formula is C13H20N2O2S. The highest BCUT2D eigenvalue weighted by Crippen LogP contribution is 2.16. The largest absolute Gasteiger partial charge is 0.399 e. The zero-order valence-electron chi connectivity index (χ0n) is 10.9. The lowest BCUT2D eigenvalue weighted by Crippen LogP contribution is -2.29. The average Bonchev–Trinajstić information content (AvgIpc) is 2.28. The molecule has 0 aliphatic rings. The zero-order chi connectivity index (χ0) is 13.5. The van der Waals surface area contributed by atoms with Gasteiger partial charge >= 0.3 is 0 Å². The summed E-state index contributed by atoms with van der Waals surface area (Å²) in [5, 5.41) is 2.76. The van der Waals surface area contributed by atoms with Crippen LogP contribution < -0.4 is 11.1 Å². The lowest BCUT2D eigenvalue weighted by Gasteiger charge is -2.07. The second-order valence-electron chi connectivity index (χ2n) is 4.22. The van der Waals surface area contributed by atoms with Gasteiger partial charge in [-0.15, -0.1) is 0 Å². The fourth-order valence-electron chi connectivity index (χ4n) is 1.58. The molecule has 0 aliphatic carbocycles. The van der Waals surface area contributed by atoms with E-state index in [1.54, 1.807) is 18.2 Å². The number of rotatable bonds is 6. The molecule has 18 heavy (non-hydrogen) atoms. The first-order valence-corrected chi connectivity index (χ1v) is 7.37. The first-order valence-electron chi connectivity index (χ1n) is 6.05. The topological polar surface area (TPSA) is 72.2 Å². The standard InChI is InChI=1S/C13H20N2O2S/c1-3-4-7-15-13(16)9-18(17)12-6-5-11(14)8-10(12)2/h5-6,8H,3-4,7,9,14H2,1-2H3,(H,15,16). The van der Waals surface area contributed by atoms with Gasteiger partial charge in [-0.3, -0.25) is 9.00 Å². The summed E-state index contributed by atoms with van der Waals surface area (Å²) in [6.45, 7) is 4.55. The Morgan fingerprint density at radius 3 is 2.78 bits per heavy atom. The van der Waals surface area contributed by atoms with Crippen molar-refractivity contribution in [2.75, 3.05) is 18.0 Å². The van der Waals surface area contributed by atoms with Crippen LogP contribution in [0.15, 0.2) is 23.1 Å². The third-order valence-corrected chi connectivity index (χ3v) is 4.03. The molecule has 1 amide bonds. The average molecular weight is 268 g/mol. The molecule has 1 atom stereocenters. The SMILES string of the molecule is CCCCNC(=O)CS(=O)c1ccc(N)cc1C. The Kier molecular flexibility index (Phi) is 5.85. The number of unbranched alkanes of at least 4 members (excludes halogenated alkanes) is 1. The molecule has 0 saturated heterocycles. The van der Waals surface area contributed by atoms with Crippen LogP contribution in [0.5, 0.6) is 0 Å². The number of nitrogen functional groups attached to an aromatic ring is 1. The van der Waals surface area contributed by atoms with Crippen LogP contribution in [0.4, 0.5) is 5.69 Å². The first-order chi connectivity index (χ1) is 8.54. The molecule has 0 heterocycles. The van der Waals surface area contributed by atoms with E-state index in [2.05, 4.69) is 12.2 Å². The molecule has 3 N–H and O–H groups in total. The molecule has 0 bridgehead atoms. The highest BCUT2D eigenvalue weighted by atomic mass is 32.2. The van der Waals surface area contributed by atoms with Crippen LogP contribution in [-0.4, -0.2) is 22.4 Å². The minimum atomic E-state index is -1.31. The zero-order valence-corrected chi connectivity index (χ0v) is 11.7. The van der Waals surface area contributed by atoms with Gasteiger partial charge in [0.2, 0.25) is 5.91 Å². The van der Waals surface area contributed by atoms with Crippen molar-refractivity contribution in [2.24, 2.45) is 0 Å². The van der Waals surface area contributed by atoms with Gasteiger partial charge in [0, 0.05) is 17.1 Å². The van der Waals surface area contributed by atoms with Crippen molar-refractivity contribution in [3.63, 3.8) is 0 Å². The fourth-order valence-corrected chi connectivity index (χ4v) is 2.71. The highest BCUT2D eigenvalue weighted by Gasteiger charge is 2.12. The number of hydrogen-bond donors (Lipinski definition) is 2. The number of nitrogens with one attached hydrogen (secondary N) is 1. The third kappa shape index (κ3) is 4.49. The molecule has 100 valence electrons. The van der Waals surface area contributed by atoms with E-state index in [0.29, 0.717) is 17.1 Å². The van der Waals surface area contributed by atoms with Gasteiger partial charge in [-0.2, -0.15) is 0 Å². The Balaban J connectivity index is 2.57. The van der Waals surface area contributed by atoms with E-state index in [-0.39, 0.29) is 11.7 Å². The molecular weight excluding hydrogens is 248 g/mol. The predicted molar refractivity (Wildman–Crippen MR) is 74.8 cm³/mol. The summed E-state index contributed by atoms with van der Waals surface area (Å²) >= 11 is 0. The van der Waals surface area contributed by atoms with E-state index in [0.717, 1.165) is 18.4 Å². The molecule has 0 aliphatic heterocycles. The number of carbonyl (C=O) groups is 1. The van der Waals surface area contributed by atoms with Gasteiger partial charge in [-0.05, 0) is 37.1 Å². The summed E-state index contributed by atoms with van der Waals surface area (Å²) in [7, 11) is -1.31. The van der Waals surface area contributed by atoms with E-state index in [9.17, 15) is 9.00 Å². The summed E-state index contributed by atoms with van der Waals surface area (Å²) in [4.78, 5) is 12.2. The van der Waals surface area contributed by atoms with Crippen LogP contribution in [0.3, 0.4) is 0 Å². The maximum atomic E-state index is 12.0. The second-order valence-corrected chi connectivity index (χ2v) is 5.64. The normalized spacial score (nSPS) is 12.1. The van der Waals surface area contributed by atoms with Crippen LogP contribution >= 0.6 is 0 Å². The third-order valence-electron chi connectivity index (χ3n) is 2.56. The van der Waals surface area contributed by atoms with E-state index in [1.165, 1.54) is 0 Å². The maximum Gasteiger partial charge on any atom is 0.232 e. The molecule has 0 saturated carbocycles. The number of aryl methyl sites for hydroxylation is 1. The molecule has 0 spiro atoms. The predicted octanol–water partition coefficient (Wildman–Crippen LogP) is 1.60. The van der Waals surface area contributed by atoms with Crippen molar-refractivity contribution in [3.8, 4) is 0 Å². The number of anilines is 1. The van der Waals surface area contributed by atoms with Gasteiger partial charge in [0.1, 0.15) is 5.75 Å². The lowest BCUT2D eigenvalue weighted by atomic mass is 10.2. The maximum absolute atomic E-state index is 12.0. The van der Waals surface area contributed by atoms with Gasteiger partial charge in [0.25, 0.3) is 0 Å². The lowest BCUT2D eigenvalue weighted by molar-refractivity contribution is -0.118. The van der Waals surface area contributed by atoms with Crippen molar-refractivity contribution >= 4 is 22.4 Å². The number of benzene rings is 1. The molecule has 4 nitrogen and oxygen atoms in total. The summed E-state index contributed by atoms with van der Waals surface area (Å²) in [6, 6.07) is 5.19. The van der Waals surface area contributed by atoms with E-state index in [4.69, 9.17) is 5.73 Å². The molecule has 1 rings (SSSR count). The minimum absolute atomic E-state index is 0.00841. The van der Waals surface area contributed by atoms with Crippen LogP contribution in [0.2, 0.25) is 0 Å². The monoisotopic (exact) mass is 268 g/mol. The Morgan fingerprint density at radius 1 is 1.44 bits per heavy atom. The van der Waals surface area contributed by atoms with E-state index < -0.39 is 10.8 Å². The fraction of sp³-hybridized carbons (Fsp3) is 0.462. The van der Waals surface area contributed by atoms with Crippen molar-refractivity contribution in [1.29, 1.82) is 0 Å². The first kappa shape index (κ1) is 14.7. The second kappa shape index (κ2) is 7.16. The van der Waals surface area contributed by atoms with Gasteiger partial charge in [0.05, 0.1) is 10.8 Å². The number of hydrogen-bond acceptors (Lipinski definition) is 3. The summed E-state index contributed by atoms with van der Waals surface area (Å²) in [6.07, 6.45) is 1.97. The Labute approximate surface area is 110 Å². The van der Waals surface area contributed by atoms with Crippen LogP contribution in [0.1, 0.15) is 25.3 Å². The number of nitrogens with two attached hydrogens (primary N) is 1. The van der Waals surface area contributed by atoms with Crippen molar-refractivity contribution < 1.29 is 9.00 Å². The van der Waals surface area contributed by atoms with E-state index in [1.807, 2.05) is 6.92 Å². The molecule has 0 radical (unpaired) electrons. The smallest absolute Gasteiger partial charge is 0.232 e. The van der Waals surface area contributed by atoms with Gasteiger partial charge in [-0.1, -0.05) is 13.3 Å². The molecule has 1 aromatic carbocycles. The van der Waals surface area contributed by atoms with Crippen molar-refractivity contribution in [3.05, 3.63) is 23.8 Å². The van der Waals surface area contributed by atoms with Crippen LogP contribution in [-0.2, 0) is 15.6 Å². The van der Waals surface area contributed by atoms with Crippen molar-refractivity contribution in [1.82, 2.24) is 5.32 Å². The van der Waals surface area contributed by atoms with Gasteiger partial charge < -0.3 is 11.1 Å². The minimum Gasteiger partial charge on any atom is -0.399 e. The number of amides is 1. The summed E-state index contributed by atoms with van der Waals surface area (Å²) in [5.41, 5.74) is 7.13. The molecule has 0 fully saturated rings. The Bertz CT molecular complexity index is 447. The molecule has 0 aromatic heterocycles. The molecule has 5 heteroatoms. The summed E-state index contributed by atoms with van der Waals surface area (Å²) < 4.78 is 12.0.